The molecule has 1 aliphatic heterocycles. The lowest BCUT2D eigenvalue weighted by molar-refractivity contribution is 0.133. The van der Waals surface area contributed by atoms with Crippen molar-refractivity contribution in [2.75, 3.05) is 31.6 Å². The fourth-order valence-electron chi connectivity index (χ4n) is 2.95. The van der Waals surface area contributed by atoms with E-state index in [4.69, 9.17) is 4.74 Å². The number of hydrogen-bond donors (Lipinski definition) is 2. The summed E-state index contributed by atoms with van der Waals surface area (Å²) in [6.07, 6.45) is 3.39. The Kier molecular flexibility index (Phi) is 6.07. The summed E-state index contributed by atoms with van der Waals surface area (Å²) in [7, 11) is 0. The molecule has 26 heavy (non-hydrogen) atoms. The third-order valence-electron chi connectivity index (χ3n) is 4.52. The smallest absolute Gasteiger partial charge is 0.322 e. The Labute approximate surface area is 154 Å². The first-order chi connectivity index (χ1) is 12.6. The zero-order valence-electron chi connectivity index (χ0n) is 15.3. The number of aromatic nitrogens is 1. The first-order valence-electron chi connectivity index (χ1n) is 9.04. The second kappa shape index (κ2) is 8.67. The van der Waals surface area contributed by atoms with Crippen LogP contribution in [0, 0.1) is 0 Å². The minimum atomic E-state index is -0.0939. The summed E-state index contributed by atoms with van der Waals surface area (Å²) >= 11 is 0. The van der Waals surface area contributed by atoms with Crippen LogP contribution in [0.15, 0.2) is 48.8 Å². The van der Waals surface area contributed by atoms with Crippen molar-refractivity contribution >= 4 is 11.7 Å². The SMILES string of the molecule is CC(C)c1ccc(NC(=O)N2CCNCC2COc2cccnc2)cc1. The number of hydrogen-bond acceptors (Lipinski definition) is 4. The highest BCUT2D eigenvalue weighted by molar-refractivity contribution is 5.89. The Morgan fingerprint density at radius 1 is 1.35 bits per heavy atom. The number of carbonyl (C=O) groups excluding carboxylic acids is 1. The predicted molar refractivity (Wildman–Crippen MR) is 103 cm³/mol. The van der Waals surface area contributed by atoms with Gasteiger partial charge in [-0.3, -0.25) is 4.98 Å². The molecule has 0 bridgehead atoms. The molecule has 1 fully saturated rings. The number of amides is 2. The molecule has 2 aromatic rings. The second-order valence-corrected chi connectivity index (χ2v) is 6.76. The van der Waals surface area contributed by atoms with E-state index in [1.807, 2.05) is 29.2 Å². The Morgan fingerprint density at radius 3 is 2.85 bits per heavy atom. The minimum Gasteiger partial charge on any atom is -0.490 e. The molecule has 1 aromatic heterocycles. The topological polar surface area (TPSA) is 66.5 Å². The van der Waals surface area contributed by atoms with E-state index in [9.17, 15) is 4.79 Å². The van der Waals surface area contributed by atoms with Crippen LogP contribution in [0.1, 0.15) is 25.3 Å². The molecule has 2 N–H and O–H groups in total. The van der Waals surface area contributed by atoms with Crippen LogP contribution in [0.3, 0.4) is 0 Å². The number of carbonyl (C=O) groups is 1. The molecular formula is C20H26N4O2. The maximum Gasteiger partial charge on any atom is 0.322 e. The van der Waals surface area contributed by atoms with E-state index in [1.165, 1.54) is 5.56 Å². The van der Waals surface area contributed by atoms with Crippen LogP contribution in [0.25, 0.3) is 0 Å². The van der Waals surface area contributed by atoms with Crippen molar-refractivity contribution in [1.29, 1.82) is 0 Å². The van der Waals surface area contributed by atoms with Gasteiger partial charge < -0.3 is 20.3 Å². The molecule has 6 heteroatoms. The largest absolute Gasteiger partial charge is 0.490 e. The highest BCUT2D eigenvalue weighted by Crippen LogP contribution is 2.18. The monoisotopic (exact) mass is 354 g/mol. The zero-order valence-corrected chi connectivity index (χ0v) is 15.3. The van der Waals surface area contributed by atoms with Gasteiger partial charge in [-0.05, 0) is 35.7 Å². The van der Waals surface area contributed by atoms with Crippen LogP contribution in [0.2, 0.25) is 0 Å². The van der Waals surface area contributed by atoms with Gasteiger partial charge in [0.15, 0.2) is 0 Å². The third-order valence-corrected chi connectivity index (χ3v) is 4.52. The number of urea groups is 1. The van der Waals surface area contributed by atoms with Gasteiger partial charge in [0.1, 0.15) is 12.4 Å². The number of anilines is 1. The molecule has 2 amide bonds. The van der Waals surface area contributed by atoms with Crippen molar-refractivity contribution in [3.8, 4) is 5.75 Å². The molecule has 0 spiro atoms. The van der Waals surface area contributed by atoms with Crippen LogP contribution in [-0.4, -0.2) is 48.2 Å². The number of piperazine rings is 1. The highest BCUT2D eigenvalue weighted by atomic mass is 16.5. The summed E-state index contributed by atoms with van der Waals surface area (Å²) in [4.78, 5) is 18.6. The molecule has 2 heterocycles. The molecule has 1 unspecified atom stereocenters. The van der Waals surface area contributed by atoms with Gasteiger partial charge in [0, 0.05) is 31.5 Å². The molecule has 1 aromatic carbocycles. The summed E-state index contributed by atoms with van der Waals surface area (Å²) in [6.45, 7) is 6.88. The standard InChI is InChI=1S/C20H26N4O2/c1-15(2)16-5-7-17(8-6-16)23-20(25)24-11-10-22-12-18(24)14-26-19-4-3-9-21-13-19/h3-9,13,15,18,22H,10-12,14H2,1-2H3,(H,23,25). The van der Waals surface area contributed by atoms with Gasteiger partial charge in [0.25, 0.3) is 0 Å². The zero-order chi connectivity index (χ0) is 18.4. The van der Waals surface area contributed by atoms with Crippen molar-refractivity contribution in [2.45, 2.75) is 25.8 Å². The van der Waals surface area contributed by atoms with E-state index < -0.39 is 0 Å². The van der Waals surface area contributed by atoms with Crippen molar-refractivity contribution in [2.24, 2.45) is 0 Å². The number of benzene rings is 1. The number of pyridine rings is 1. The molecule has 1 saturated heterocycles. The lowest BCUT2D eigenvalue weighted by Crippen LogP contribution is -2.57. The van der Waals surface area contributed by atoms with Gasteiger partial charge in [-0.15, -0.1) is 0 Å². The average Bonchev–Trinajstić information content (AvgIpc) is 2.68. The Bertz CT molecular complexity index is 704. The molecule has 3 rings (SSSR count). The average molecular weight is 354 g/mol. The van der Waals surface area contributed by atoms with Gasteiger partial charge in [0.05, 0.1) is 12.2 Å². The lowest BCUT2D eigenvalue weighted by atomic mass is 10.0. The van der Waals surface area contributed by atoms with Gasteiger partial charge in [0.2, 0.25) is 0 Å². The van der Waals surface area contributed by atoms with Gasteiger partial charge in [-0.25, -0.2) is 4.79 Å². The number of rotatable bonds is 5. The van der Waals surface area contributed by atoms with Crippen LogP contribution in [-0.2, 0) is 0 Å². The Hall–Kier alpha value is -2.60. The number of ether oxygens (including phenoxy) is 1. The second-order valence-electron chi connectivity index (χ2n) is 6.76. The molecule has 0 saturated carbocycles. The predicted octanol–water partition coefficient (Wildman–Crippen LogP) is 3.09. The molecule has 1 aliphatic rings. The van der Waals surface area contributed by atoms with E-state index >= 15 is 0 Å². The minimum absolute atomic E-state index is 0.0288. The van der Waals surface area contributed by atoms with Crippen LogP contribution >= 0.6 is 0 Å². The summed E-state index contributed by atoms with van der Waals surface area (Å²) in [6, 6.07) is 11.6. The molecule has 1 atom stereocenters. The van der Waals surface area contributed by atoms with E-state index in [0.717, 1.165) is 12.2 Å². The maximum atomic E-state index is 12.7. The van der Waals surface area contributed by atoms with Crippen LogP contribution in [0.5, 0.6) is 5.75 Å². The maximum absolute atomic E-state index is 12.7. The van der Waals surface area contributed by atoms with Gasteiger partial charge in [-0.1, -0.05) is 26.0 Å². The van der Waals surface area contributed by atoms with Crippen molar-refractivity contribution in [3.05, 3.63) is 54.4 Å². The quantitative estimate of drug-likeness (QED) is 0.866. The first-order valence-corrected chi connectivity index (χ1v) is 9.04. The van der Waals surface area contributed by atoms with Crippen molar-refractivity contribution < 1.29 is 9.53 Å². The summed E-state index contributed by atoms with van der Waals surface area (Å²) < 4.78 is 5.79. The molecule has 0 aliphatic carbocycles. The summed E-state index contributed by atoms with van der Waals surface area (Å²) in [5.41, 5.74) is 2.07. The fourth-order valence-corrected chi connectivity index (χ4v) is 2.95. The normalized spacial score (nSPS) is 17.2. The molecule has 6 nitrogen and oxygen atoms in total. The number of nitrogens with one attached hydrogen (secondary N) is 2. The van der Waals surface area contributed by atoms with E-state index in [0.29, 0.717) is 31.4 Å². The van der Waals surface area contributed by atoms with Crippen LogP contribution < -0.4 is 15.4 Å². The molecular weight excluding hydrogens is 328 g/mol. The fraction of sp³-hybridized carbons (Fsp3) is 0.400. The molecule has 0 radical (unpaired) electrons. The Morgan fingerprint density at radius 2 is 2.15 bits per heavy atom. The summed E-state index contributed by atoms with van der Waals surface area (Å²) in [5, 5.41) is 6.32. The lowest BCUT2D eigenvalue weighted by Gasteiger charge is -2.35. The highest BCUT2D eigenvalue weighted by Gasteiger charge is 2.27. The van der Waals surface area contributed by atoms with Crippen LogP contribution in [0.4, 0.5) is 10.5 Å². The first kappa shape index (κ1) is 18.2. The van der Waals surface area contributed by atoms with Gasteiger partial charge in [-0.2, -0.15) is 0 Å². The van der Waals surface area contributed by atoms with E-state index in [1.54, 1.807) is 12.4 Å². The third kappa shape index (κ3) is 4.73. The van der Waals surface area contributed by atoms with Crippen molar-refractivity contribution in [3.63, 3.8) is 0 Å². The van der Waals surface area contributed by atoms with Crippen molar-refractivity contribution in [1.82, 2.24) is 15.2 Å². The Balaban J connectivity index is 1.60. The van der Waals surface area contributed by atoms with E-state index in [-0.39, 0.29) is 12.1 Å². The molecule has 138 valence electrons. The summed E-state index contributed by atoms with van der Waals surface area (Å²) in [5.74, 6) is 1.18. The van der Waals surface area contributed by atoms with Gasteiger partial charge >= 0.3 is 6.03 Å². The number of nitrogens with zero attached hydrogens (tertiary/aromatic N) is 2. The van der Waals surface area contributed by atoms with E-state index in [2.05, 4.69) is 41.6 Å².